The number of sulfonamides is 1. The zero-order valence-corrected chi connectivity index (χ0v) is 24.4. The van der Waals surface area contributed by atoms with Crippen LogP contribution in [-0.2, 0) is 32.4 Å². The summed E-state index contributed by atoms with van der Waals surface area (Å²) >= 11 is 0. The minimum atomic E-state index is -3.48. The van der Waals surface area contributed by atoms with Crippen LogP contribution >= 0.6 is 0 Å². The molecular weight excluding hydrogens is 514 g/mol. The van der Waals surface area contributed by atoms with Crippen LogP contribution in [0.3, 0.4) is 0 Å². The molecule has 0 aromatic heterocycles. The third-order valence-electron chi connectivity index (χ3n) is 6.47. The van der Waals surface area contributed by atoms with Crippen molar-refractivity contribution in [2.45, 2.75) is 51.3 Å². The largest absolute Gasteiger partial charge is 0.444 e. The first-order valence-electron chi connectivity index (χ1n) is 12.9. The van der Waals surface area contributed by atoms with Crippen LogP contribution in [0.2, 0.25) is 0 Å². The number of fused-ring (bicyclic) bond motifs is 1. The molecule has 0 unspecified atom stereocenters. The van der Waals surface area contributed by atoms with Gasteiger partial charge in [0.25, 0.3) is 0 Å². The number of benzene rings is 3. The van der Waals surface area contributed by atoms with Crippen LogP contribution < -0.4 is 4.72 Å². The Kier molecular flexibility index (Phi) is 9.74. The minimum absolute atomic E-state index is 0.0365. The van der Waals surface area contributed by atoms with E-state index >= 15 is 0 Å². The number of hydrogen-bond acceptors (Lipinski definition) is 5. The summed E-state index contributed by atoms with van der Waals surface area (Å²) < 4.78 is 32.0. The number of hydrogen-bond donors (Lipinski definition) is 1. The van der Waals surface area contributed by atoms with E-state index in [0.29, 0.717) is 6.42 Å². The van der Waals surface area contributed by atoms with Gasteiger partial charge in [-0.2, -0.15) is 0 Å². The molecule has 3 aromatic carbocycles. The fourth-order valence-corrected chi connectivity index (χ4v) is 4.83. The first-order valence-corrected chi connectivity index (χ1v) is 14.8. The van der Waals surface area contributed by atoms with Crippen molar-refractivity contribution in [1.82, 2.24) is 14.5 Å². The Balaban J connectivity index is 1.94. The van der Waals surface area contributed by atoms with Gasteiger partial charge in [0.2, 0.25) is 15.9 Å². The smallest absolute Gasteiger partial charge is 0.410 e. The number of likely N-dealkylation sites (N-methyl/N-ethyl adjacent to an activating group) is 2. The van der Waals surface area contributed by atoms with E-state index in [1.165, 1.54) is 9.80 Å². The lowest BCUT2D eigenvalue weighted by Gasteiger charge is -2.36. The molecule has 0 radical (unpaired) electrons. The zero-order chi connectivity index (χ0) is 28.8. The first-order chi connectivity index (χ1) is 18.2. The average Bonchev–Trinajstić information content (AvgIpc) is 2.87. The van der Waals surface area contributed by atoms with E-state index < -0.39 is 33.8 Å². The molecule has 0 spiro atoms. The highest BCUT2D eigenvalue weighted by atomic mass is 32.2. The van der Waals surface area contributed by atoms with E-state index in [1.54, 1.807) is 34.9 Å². The van der Waals surface area contributed by atoms with Gasteiger partial charge in [-0.25, -0.2) is 17.9 Å². The summed E-state index contributed by atoms with van der Waals surface area (Å²) in [5.74, 6) is -0.312. The predicted molar refractivity (Wildman–Crippen MR) is 155 cm³/mol. The molecule has 0 aliphatic carbocycles. The van der Waals surface area contributed by atoms with Gasteiger partial charge in [0, 0.05) is 33.1 Å². The molecule has 3 aromatic rings. The van der Waals surface area contributed by atoms with Gasteiger partial charge in [-0.3, -0.25) is 9.69 Å². The predicted octanol–water partition coefficient (Wildman–Crippen LogP) is 4.24. The standard InChI is InChI=1S/C30H39N3O5S/c1-30(2,3)38-29(35)33(5)27(20-23-16-17-24-14-10-11-15-25(24)18-23)28(34)32(4)26(21-31-39(6,36)37)19-22-12-8-7-9-13-22/h7-18,26-27,31H,19-21H2,1-6H3/t26-,27-/m1/s1. The van der Waals surface area contributed by atoms with Crippen LogP contribution in [0.25, 0.3) is 10.8 Å². The van der Waals surface area contributed by atoms with Gasteiger partial charge in [0.05, 0.1) is 6.26 Å². The summed E-state index contributed by atoms with van der Waals surface area (Å²) in [6, 6.07) is 22.1. The maximum Gasteiger partial charge on any atom is 0.410 e. The summed E-state index contributed by atoms with van der Waals surface area (Å²) in [4.78, 5) is 30.0. The summed E-state index contributed by atoms with van der Waals surface area (Å²) in [5.41, 5.74) is 1.12. The third kappa shape index (κ3) is 9.07. The van der Waals surface area contributed by atoms with Crippen LogP contribution in [0, 0.1) is 0 Å². The van der Waals surface area contributed by atoms with Crippen molar-refractivity contribution in [3.63, 3.8) is 0 Å². The van der Waals surface area contributed by atoms with Crippen molar-refractivity contribution < 1.29 is 22.7 Å². The number of rotatable bonds is 10. The van der Waals surface area contributed by atoms with Crippen molar-refractivity contribution in [1.29, 1.82) is 0 Å². The third-order valence-corrected chi connectivity index (χ3v) is 7.16. The minimum Gasteiger partial charge on any atom is -0.444 e. The monoisotopic (exact) mass is 553 g/mol. The Hall–Kier alpha value is -3.43. The molecule has 0 heterocycles. The molecule has 1 N–H and O–H groups in total. The molecule has 210 valence electrons. The Morgan fingerprint density at radius 1 is 0.846 bits per heavy atom. The van der Waals surface area contributed by atoms with Gasteiger partial charge >= 0.3 is 6.09 Å². The highest BCUT2D eigenvalue weighted by molar-refractivity contribution is 7.88. The second-order valence-electron chi connectivity index (χ2n) is 10.9. The van der Waals surface area contributed by atoms with Crippen LogP contribution in [0.1, 0.15) is 31.9 Å². The van der Waals surface area contributed by atoms with Crippen LogP contribution in [0.15, 0.2) is 72.8 Å². The zero-order valence-electron chi connectivity index (χ0n) is 23.5. The number of amides is 2. The normalized spacial score (nSPS) is 13.5. The van der Waals surface area contributed by atoms with Crippen LogP contribution in [0.4, 0.5) is 4.79 Å². The molecule has 2 amide bonds. The van der Waals surface area contributed by atoms with Crippen LogP contribution in [0.5, 0.6) is 0 Å². The van der Waals surface area contributed by atoms with Crippen LogP contribution in [-0.4, -0.2) is 74.8 Å². The van der Waals surface area contributed by atoms with Gasteiger partial charge in [0.15, 0.2) is 0 Å². The van der Waals surface area contributed by atoms with Gasteiger partial charge in [0.1, 0.15) is 11.6 Å². The quantitative estimate of drug-likeness (QED) is 0.405. The summed E-state index contributed by atoms with van der Waals surface area (Å²) in [7, 11) is -0.272. The number of nitrogens with zero attached hydrogens (tertiary/aromatic N) is 2. The Morgan fingerprint density at radius 2 is 1.46 bits per heavy atom. The number of ether oxygens (including phenoxy) is 1. The average molecular weight is 554 g/mol. The molecule has 0 bridgehead atoms. The molecule has 2 atom stereocenters. The highest BCUT2D eigenvalue weighted by Crippen LogP contribution is 2.21. The van der Waals surface area contributed by atoms with E-state index in [4.69, 9.17) is 4.74 Å². The van der Waals surface area contributed by atoms with Crippen molar-refractivity contribution in [2.24, 2.45) is 0 Å². The van der Waals surface area contributed by atoms with E-state index in [0.717, 1.165) is 28.2 Å². The molecule has 0 saturated carbocycles. The Morgan fingerprint density at radius 3 is 2.08 bits per heavy atom. The lowest BCUT2D eigenvalue weighted by atomic mass is 9.99. The number of carbonyl (C=O) groups is 2. The molecule has 0 aliphatic rings. The van der Waals surface area contributed by atoms with Crippen molar-refractivity contribution in [3.05, 3.63) is 83.9 Å². The summed E-state index contributed by atoms with van der Waals surface area (Å²) in [5, 5.41) is 2.12. The van der Waals surface area contributed by atoms with Crippen molar-refractivity contribution in [3.8, 4) is 0 Å². The Bertz CT molecular complexity index is 1390. The van der Waals surface area contributed by atoms with Gasteiger partial charge in [-0.1, -0.05) is 72.8 Å². The second-order valence-corrected chi connectivity index (χ2v) is 12.7. The van der Waals surface area contributed by atoms with E-state index in [2.05, 4.69) is 4.72 Å². The Labute approximate surface area is 232 Å². The molecule has 9 heteroatoms. The molecular formula is C30H39N3O5S. The molecule has 39 heavy (non-hydrogen) atoms. The number of nitrogens with one attached hydrogen (secondary N) is 1. The maximum atomic E-state index is 14.1. The van der Waals surface area contributed by atoms with E-state index in [-0.39, 0.29) is 18.9 Å². The fourth-order valence-electron chi connectivity index (χ4n) is 4.33. The maximum absolute atomic E-state index is 14.1. The summed E-state index contributed by atoms with van der Waals surface area (Å²) in [6.07, 6.45) is 1.18. The van der Waals surface area contributed by atoms with Gasteiger partial charge < -0.3 is 9.64 Å². The molecule has 0 fully saturated rings. The van der Waals surface area contributed by atoms with Gasteiger partial charge in [-0.15, -0.1) is 0 Å². The molecule has 0 saturated heterocycles. The molecule has 3 rings (SSSR count). The SMILES string of the molecule is CN(C(=O)[C@@H](Cc1ccc2ccccc2c1)N(C)C(=O)OC(C)(C)C)[C@@H](CNS(C)(=O)=O)Cc1ccccc1. The lowest BCUT2D eigenvalue weighted by molar-refractivity contribution is -0.137. The van der Waals surface area contributed by atoms with E-state index in [1.807, 2.05) is 72.8 Å². The van der Waals surface area contributed by atoms with E-state index in [9.17, 15) is 18.0 Å². The topological polar surface area (TPSA) is 96.0 Å². The fraction of sp³-hybridized carbons (Fsp3) is 0.400. The first kappa shape index (κ1) is 30.1. The van der Waals surface area contributed by atoms with Crippen molar-refractivity contribution in [2.75, 3.05) is 26.9 Å². The van der Waals surface area contributed by atoms with Gasteiger partial charge in [-0.05, 0) is 49.1 Å². The molecule has 8 nitrogen and oxygen atoms in total. The highest BCUT2D eigenvalue weighted by Gasteiger charge is 2.34. The lowest BCUT2D eigenvalue weighted by Crippen LogP contribution is -2.55. The molecule has 0 aliphatic heterocycles. The number of carbonyl (C=O) groups excluding carboxylic acids is 2. The second kappa shape index (κ2) is 12.6. The summed E-state index contributed by atoms with van der Waals surface area (Å²) in [6.45, 7) is 5.36. The van der Waals surface area contributed by atoms with Crippen molar-refractivity contribution >= 4 is 32.8 Å².